The monoisotopic (exact) mass is 365 g/mol. The van der Waals surface area contributed by atoms with Crippen LogP contribution < -0.4 is 0 Å². The number of likely N-dealkylation sites (N-methyl/N-ethyl adjacent to an activating group) is 1. The first kappa shape index (κ1) is 19.9. The molecule has 1 fully saturated rings. The van der Waals surface area contributed by atoms with Gasteiger partial charge in [0, 0.05) is 30.7 Å². The third kappa shape index (κ3) is 4.42. The van der Waals surface area contributed by atoms with Crippen molar-refractivity contribution in [3.63, 3.8) is 0 Å². The van der Waals surface area contributed by atoms with Crippen LogP contribution >= 0.6 is 11.6 Å². The second-order valence-corrected chi connectivity index (χ2v) is 7.55. The molecular formula is C20H28ClNO3. The summed E-state index contributed by atoms with van der Waals surface area (Å²) in [4.78, 5) is 27.3. The summed E-state index contributed by atoms with van der Waals surface area (Å²) in [6.07, 6.45) is 3.13. The van der Waals surface area contributed by atoms with E-state index in [1.54, 1.807) is 18.0 Å². The first-order valence-corrected chi connectivity index (χ1v) is 9.40. The van der Waals surface area contributed by atoms with Gasteiger partial charge in [-0.05, 0) is 31.2 Å². The molecule has 5 heteroatoms. The van der Waals surface area contributed by atoms with Crippen molar-refractivity contribution in [1.82, 2.24) is 4.90 Å². The molecule has 0 heterocycles. The number of carbonyl (C=O) groups is 2. The van der Waals surface area contributed by atoms with Crippen molar-refractivity contribution < 1.29 is 14.3 Å². The zero-order valence-electron chi connectivity index (χ0n) is 15.4. The first-order valence-electron chi connectivity index (χ1n) is 9.02. The summed E-state index contributed by atoms with van der Waals surface area (Å²) in [5, 5.41) is 0.536. The quantitative estimate of drug-likeness (QED) is 0.680. The molecule has 0 aromatic heterocycles. The summed E-state index contributed by atoms with van der Waals surface area (Å²) in [6.45, 7) is 5.14. The minimum atomic E-state index is -0.953. The Morgan fingerprint density at radius 2 is 2.04 bits per heavy atom. The van der Waals surface area contributed by atoms with Crippen LogP contribution in [-0.4, -0.2) is 36.9 Å². The van der Waals surface area contributed by atoms with Crippen LogP contribution in [0.4, 0.5) is 0 Å². The highest BCUT2D eigenvalue weighted by molar-refractivity contribution is 6.31. The summed E-state index contributed by atoms with van der Waals surface area (Å²) in [7, 11) is 1.72. The van der Waals surface area contributed by atoms with E-state index in [0.717, 1.165) is 18.4 Å². The maximum Gasteiger partial charge on any atom is 0.225 e. The summed E-state index contributed by atoms with van der Waals surface area (Å²) in [5.41, 5.74) is -0.216. The average Bonchev–Trinajstić information content (AvgIpc) is 2.59. The Morgan fingerprint density at radius 3 is 2.68 bits per heavy atom. The minimum absolute atomic E-state index is 0.0748. The van der Waals surface area contributed by atoms with Crippen molar-refractivity contribution in [1.29, 1.82) is 0 Å². The maximum atomic E-state index is 13.0. The number of hydrogen-bond donors (Lipinski definition) is 0. The van der Waals surface area contributed by atoms with E-state index < -0.39 is 5.54 Å². The molecule has 0 bridgehead atoms. The Kier molecular flexibility index (Phi) is 7.03. The third-order valence-electron chi connectivity index (χ3n) is 4.83. The number of ether oxygens (including phenoxy) is 1. The van der Waals surface area contributed by atoms with Crippen LogP contribution in [0.5, 0.6) is 0 Å². The summed E-state index contributed by atoms with van der Waals surface area (Å²) in [5.74, 6) is 0.423. The third-order valence-corrected chi connectivity index (χ3v) is 5.16. The number of hydrogen-bond acceptors (Lipinski definition) is 3. The number of carbonyl (C=O) groups excluding carboxylic acids is 2. The molecule has 0 radical (unpaired) electrons. The topological polar surface area (TPSA) is 46.6 Å². The highest BCUT2D eigenvalue weighted by Crippen LogP contribution is 2.42. The molecular weight excluding hydrogens is 338 g/mol. The fraction of sp³-hybridized carbons (Fsp3) is 0.600. The fourth-order valence-corrected chi connectivity index (χ4v) is 3.78. The lowest BCUT2D eigenvalue weighted by Gasteiger charge is -2.44. The molecule has 2 rings (SSSR count). The fourth-order valence-electron chi connectivity index (χ4n) is 3.49. The molecule has 1 aliphatic rings. The molecule has 1 saturated carbocycles. The molecule has 0 N–H and O–H groups in total. The van der Waals surface area contributed by atoms with Crippen molar-refractivity contribution >= 4 is 23.3 Å². The minimum Gasteiger partial charge on any atom is -0.381 e. The number of rotatable bonds is 7. The summed E-state index contributed by atoms with van der Waals surface area (Å²) in [6, 6.07) is 7.36. The first-order chi connectivity index (χ1) is 11.9. The second-order valence-electron chi connectivity index (χ2n) is 7.14. The van der Waals surface area contributed by atoms with Gasteiger partial charge in [0.05, 0.1) is 13.0 Å². The molecule has 138 valence electrons. The SMILES string of the molecule is CC(C)COCCC(=O)N(C)C1(c2ccccc2Cl)CCCCC1=O. The van der Waals surface area contributed by atoms with E-state index in [1.165, 1.54) is 0 Å². The summed E-state index contributed by atoms with van der Waals surface area (Å²) >= 11 is 6.41. The van der Waals surface area contributed by atoms with E-state index in [4.69, 9.17) is 16.3 Å². The van der Waals surface area contributed by atoms with Gasteiger partial charge in [-0.2, -0.15) is 0 Å². The molecule has 4 nitrogen and oxygen atoms in total. The van der Waals surface area contributed by atoms with Crippen LogP contribution in [0.3, 0.4) is 0 Å². The Balaban J connectivity index is 2.22. The smallest absolute Gasteiger partial charge is 0.225 e. The molecule has 25 heavy (non-hydrogen) atoms. The number of ketones is 1. The van der Waals surface area contributed by atoms with Gasteiger partial charge in [-0.3, -0.25) is 9.59 Å². The molecule has 1 aliphatic carbocycles. The van der Waals surface area contributed by atoms with Crippen LogP contribution in [0.15, 0.2) is 24.3 Å². The van der Waals surface area contributed by atoms with Crippen LogP contribution in [0.1, 0.15) is 51.5 Å². The molecule has 0 spiro atoms. The molecule has 1 atom stereocenters. The van der Waals surface area contributed by atoms with Gasteiger partial charge in [0.1, 0.15) is 5.54 Å². The van der Waals surface area contributed by atoms with Crippen molar-refractivity contribution in [3.8, 4) is 0 Å². The van der Waals surface area contributed by atoms with Crippen LogP contribution in [0, 0.1) is 5.92 Å². The van der Waals surface area contributed by atoms with Gasteiger partial charge in [0.2, 0.25) is 5.91 Å². The van der Waals surface area contributed by atoms with Gasteiger partial charge in [0.25, 0.3) is 0 Å². The van der Waals surface area contributed by atoms with Gasteiger partial charge < -0.3 is 9.64 Å². The van der Waals surface area contributed by atoms with E-state index in [2.05, 4.69) is 13.8 Å². The number of Topliss-reactive ketones (excluding diaryl/α,β-unsaturated/α-hetero) is 1. The molecule has 1 amide bonds. The highest BCUT2D eigenvalue weighted by Gasteiger charge is 2.47. The van der Waals surface area contributed by atoms with Gasteiger partial charge in [-0.1, -0.05) is 43.6 Å². The average molecular weight is 366 g/mol. The molecule has 1 aromatic carbocycles. The van der Waals surface area contributed by atoms with Crippen LogP contribution in [0.2, 0.25) is 5.02 Å². The predicted octanol–water partition coefficient (Wildman–Crippen LogP) is 4.20. The lowest BCUT2D eigenvalue weighted by molar-refractivity contribution is -0.148. The molecule has 0 aliphatic heterocycles. The van der Waals surface area contributed by atoms with E-state index in [0.29, 0.717) is 37.0 Å². The maximum absolute atomic E-state index is 13.0. The van der Waals surface area contributed by atoms with Crippen molar-refractivity contribution in [2.75, 3.05) is 20.3 Å². The number of benzene rings is 1. The zero-order chi connectivity index (χ0) is 18.4. The summed E-state index contributed by atoms with van der Waals surface area (Å²) < 4.78 is 5.53. The lowest BCUT2D eigenvalue weighted by Crippen LogP contribution is -2.54. The molecule has 1 aromatic rings. The van der Waals surface area contributed by atoms with E-state index in [9.17, 15) is 9.59 Å². The van der Waals surface area contributed by atoms with Crippen LogP contribution in [0.25, 0.3) is 0 Å². The Labute approximate surface area is 155 Å². The van der Waals surface area contributed by atoms with Crippen molar-refractivity contribution in [2.24, 2.45) is 5.92 Å². The highest BCUT2D eigenvalue weighted by atomic mass is 35.5. The van der Waals surface area contributed by atoms with Gasteiger partial charge in [-0.25, -0.2) is 0 Å². The van der Waals surface area contributed by atoms with E-state index >= 15 is 0 Å². The predicted molar refractivity (Wildman–Crippen MR) is 99.6 cm³/mol. The Morgan fingerprint density at radius 1 is 1.32 bits per heavy atom. The zero-order valence-corrected chi connectivity index (χ0v) is 16.1. The van der Waals surface area contributed by atoms with Crippen molar-refractivity contribution in [2.45, 2.75) is 51.5 Å². The number of amides is 1. The normalized spacial score (nSPS) is 20.8. The Bertz CT molecular complexity index is 617. The van der Waals surface area contributed by atoms with Crippen LogP contribution in [-0.2, 0) is 19.9 Å². The molecule has 0 saturated heterocycles. The van der Waals surface area contributed by atoms with Gasteiger partial charge in [-0.15, -0.1) is 0 Å². The number of halogens is 1. The van der Waals surface area contributed by atoms with Crippen molar-refractivity contribution in [3.05, 3.63) is 34.9 Å². The lowest BCUT2D eigenvalue weighted by atomic mass is 9.74. The largest absolute Gasteiger partial charge is 0.381 e. The van der Waals surface area contributed by atoms with Gasteiger partial charge in [0.15, 0.2) is 5.78 Å². The molecule has 1 unspecified atom stereocenters. The van der Waals surface area contributed by atoms with E-state index in [-0.39, 0.29) is 18.1 Å². The number of nitrogens with zero attached hydrogens (tertiary/aromatic N) is 1. The Hall–Kier alpha value is -1.39. The van der Waals surface area contributed by atoms with E-state index in [1.807, 2.05) is 18.2 Å². The van der Waals surface area contributed by atoms with Gasteiger partial charge >= 0.3 is 0 Å². The standard InChI is InChI=1S/C20H28ClNO3/c1-15(2)14-25-13-11-19(24)22(3)20(12-7-6-10-18(20)23)16-8-4-5-9-17(16)21/h4-5,8-9,15H,6-7,10-14H2,1-3H3. The second kappa shape index (κ2) is 8.81.